The lowest BCUT2D eigenvalue weighted by molar-refractivity contribution is -0.140. The first-order valence-corrected chi connectivity index (χ1v) is 12.0. The third-order valence-corrected chi connectivity index (χ3v) is 6.27. The number of hydrogen-bond donors (Lipinski definition) is 2. The van der Waals surface area contributed by atoms with Crippen molar-refractivity contribution < 1.29 is 26.3 Å². The maximum atomic E-state index is 14.1. The van der Waals surface area contributed by atoms with Crippen LogP contribution in [-0.2, 0) is 25.4 Å². The van der Waals surface area contributed by atoms with Crippen molar-refractivity contribution in [2.24, 2.45) is 0 Å². The highest BCUT2D eigenvalue weighted by Gasteiger charge is 2.40. The molecule has 0 aromatic heterocycles. The van der Waals surface area contributed by atoms with E-state index in [9.17, 15) is 26.3 Å². The van der Waals surface area contributed by atoms with Crippen LogP contribution >= 0.6 is 0 Å². The van der Waals surface area contributed by atoms with Crippen LogP contribution in [0.15, 0.2) is 109 Å². The number of halogens is 6. The highest BCUT2D eigenvalue weighted by molar-refractivity contribution is 5.39. The van der Waals surface area contributed by atoms with Gasteiger partial charge in [0.15, 0.2) is 0 Å². The Labute approximate surface area is 217 Å². The zero-order chi connectivity index (χ0) is 27.2. The summed E-state index contributed by atoms with van der Waals surface area (Å²) in [5.74, 6) is 0. The smallest absolute Gasteiger partial charge is 0.304 e. The minimum Gasteiger partial charge on any atom is -0.304 e. The molecule has 0 radical (unpaired) electrons. The Morgan fingerprint density at radius 2 is 0.763 bits per heavy atom. The Hall–Kier alpha value is -3.62. The number of nitrogens with one attached hydrogen (secondary N) is 2. The number of rotatable bonds is 9. The molecule has 0 saturated heterocycles. The lowest BCUT2D eigenvalue weighted by Gasteiger charge is -2.33. The molecule has 0 aliphatic rings. The van der Waals surface area contributed by atoms with Crippen molar-refractivity contribution in [1.29, 1.82) is 0 Å². The van der Waals surface area contributed by atoms with Gasteiger partial charge < -0.3 is 10.6 Å². The van der Waals surface area contributed by atoms with E-state index in [4.69, 9.17) is 0 Å². The van der Waals surface area contributed by atoms with Gasteiger partial charge >= 0.3 is 12.4 Å². The van der Waals surface area contributed by atoms with Gasteiger partial charge in [-0.15, -0.1) is 0 Å². The van der Waals surface area contributed by atoms with Gasteiger partial charge in [0.25, 0.3) is 0 Å². The SMILES string of the molecule is FC(F)(F)c1ccccc1C(NCc1ccccc1)C(NCc1ccccc1)c1ccccc1C(F)(F)F. The summed E-state index contributed by atoms with van der Waals surface area (Å²) in [5, 5.41) is 6.30. The Bertz CT molecular complexity index is 1200. The highest BCUT2D eigenvalue weighted by Crippen LogP contribution is 2.42. The molecule has 4 rings (SSSR count). The highest BCUT2D eigenvalue weighted by atomic mass is 19.4. The summed E-state index contributed by atoms with van der Waals surface area (Å²) in [5.41, 5.74) is -0.513. The van der Waals surface area contributed by atoms with E-state index in [0.29, 0.717) is 0 Å². The van der Waals surface area contributed by atoms with Gasteiger partial charge in [-0.1, -0.05) is 97.1 Å². The summed E-state index contributed by atoms with van der Waals surface area (Å²) in [6.07, 6.45) is -9.40. The van der Waals surface area contributed by atoms with Gasteiger partial charge in [0.1, 0.15) is 0 Å². The van der Waals surface area contributed by atoms with E-state index in [1.54, 1.807) is 48.5 Å². The normalized spacial score (nSPS) is 13.7. The Kier molecular flexibility index (Phi) is 8.54. The van der Waals surface area contributed by atoms with Gasteiger partial charge in [0.05, 0.1) is 23.2 Å². The van der Waals surface area contributed by atoms with Gasteiger partial charge in [0, 0.05) is 13.1 Å². The fraction of sp³-hybridized carbons (Fsp3) is 0.200. The van der Waals surface area contributed by atoms with E-state index in [2.05, 4.69) is 10.6 Å². The minimum absolute atomic E-state index is 0.140. The van der Waals surface area contributed by atoms with Crippen LogP contribution in [0.25, 0.3) is 0 Å². The zero-order valence-electron chi connectivity index (χ0n) is 20.2. The van der Waals surface area contributed by atoms with Gasteiger partial charge in [-0.25, -0.2) is 0 Å². The monoisotopic (exact) mass is 528 g/mol. The Balaban J connectivity index is 1.85. The fourth-order valence-corrected chi connectivity index (χ4v) is 4.51. The first-order valence-electron chi connectivity index (χ1n) is 12.0. The van der Waals surface area contributed by atoms with E-state index in [1.807, 2.05) is 12.1 Å². The van der Waals surface area contributed by atoms with Crippen LogP contribution in [0, 0.1) is 0 Å². The maximum Gasteiger partial charge on any atom is 0.416 e. The van der Waals surface area contributed by atoms with Crippen molar-refractivity contribution >= 4 is 0 Å². The summed E-state index contributed by atoms with van der Waals surface area (Å²) in [6.45, 7) is 0.296. The second kappa shape index (κ2) is 11.8. The van der Waals surface area contributed by atoms with Crippen molar-refractivity contribution in [2.45, 2.75) is 37.5 Å². The zero-order valence-corrected chi connectivity index (χ0v) is 20.2. The lowest BCUT2D eigenvalue weighted by atomic mass is 9.87. The van der Waals surface area contributed by atoms with Crippen molar-refractivity contribution in [3.63, 3.8) is 0 Å². The van der Waals surface area contributed by atoms with Crippen LogP contribution in [-0.4, -0.2) is 0 Å². The quantitative estimate of drug-likeness (QED) is 0.215. The van der Waals surface area contributed by atoms with Gasteiger partial charge in [-0.2, -0.15) is 26.3 Å². The predicted molar refractivity (Wildman–Crippen MR) is 135 cm³/mol. The third kappa shape index (κ3) is 6.82. The molecular formula is C30H26F6N2. The summed E-state index contributed by atoms with van der Waals surface area (Å²) >= 11 is 0. The van der Waals surface area contributed by atoms with Crippen molar-refractivity contribution in [1.82, 2.24) is 10.6 Å². The molecule has 2 atom stereocenters. The molecule has 0 aliphatic carbocycles. The molecule has 198 valence electrons. The first-order chi connectivity index (χ1) is 18.1. The standard InChI is InChI=1S/C30H26F6N2/c31-29(32,33)25-17-9-7-15-23(25)27(37-19-21-11-3-1-4-12-21)28(38-20-22-13-5-2-6-14-22)24-16-8-10-18-26(24)30(34,35)36/h1-18,27-28,37-38H,19-20H2. The first kappa shape index (κ1) is 27.4. The van der Waals surface area contributed by atoms with E-state index < -0.39 is 35.6 Å². The van der Waals surface area contributed by atoms with Gasteiger partial charge in [0.2, 0.25) is 0 Å². The van der Waals surface area contributed by atoms with E-state index in [1.165, 1.54) is 36.4 Å². The van der Waals surface area contributed by atoms with Crippen LogP contribution in [0.2, 0.25) is 0 Å². The number of alkyl halides is 6. The minimum atomic E-state index is -4.70. The van der Waals surface area contributed by atoms with Crippen molar-refractivity contribution in [3.8, 4) is 0 Å². The molecule has 0 amide bonds. The molecule has 2 N–H and O–H groups in total. The van der Waals surface area contributed by atoms with Crippen LogP contribution in [0.1, 0.15) is 45.5 Å². The molecule has 0 heterocycles. The predicted octanol–water partition coefficient (Wildman–Crippen LogP) is 8.09. The molecule has 8 heteroatoms. The molecule has 4 aromatic rings. The molecule has 0 bridgehead atoms. The van der Waals surface area contributed by atoms with Crippen LogP contribution in [0.3, 0.4) is 0 Å². The Morgan fingerprint density at radius 1 is 0.447 bits per heavy atom. The van der Waals surface area contributed by atoms with Crippen molar-refractivity contribution in [2.75, 3.05) is 0 Å². The second-order valence-corrected chi connectivity index (χ2v) is 8.86. The van der Waals surface area contributed by atoms with Crippen LogP contribution < -0.4 is 10.6 Å². The summed E-state index contributed by atoms with van der Waals surface area (Å²) in [6, 6.07) is 25.7. The lowest BCUT2D eigenvalue weighted by Crippen LogP contribution is -2.37. The molecule has 0 saturated carbocycles. The topological polar surface area (TPSA) is 24.1 Å². The number of benzene rings is 4. The van der Waals surface area contributed by atoms with Crippen molar-refractivity contribution in [3.05, 3.63) is 143 Å². The average molecular weight is 529 g/mol. The molecular weight excluding hydrogens is 502 g/mol. The van der Waals surface area contributed by atoms with Gasteiger partial charge in [-0.05, 0) is 34.4 Å². The largest absolute Gasteiger partial charge is 0.416 e. The van der Waals surface area contributed by atoms with Crippen LogP contribution in [0.4, 0.5) is 26.3 Å². The average Bonchev–Trinajstić information content (AvgIpc) is 2.91. The third-order valence-electron chi connectivity index (χ3n) is 6.27. The summed E-state index contributed by atoms with van der Waals surface area (Å²) < 4.78 is 84.8. The molecule has 0 fully saturated rings. The molecule has 38 heavy (non-hydrogen) atoms. The molecule has 0 spiro atoms. The Morgan fingerprint density at radius 3 is 1.11 bits per heavy atom. The van der Waals surface area contributed by atoms with E-state index >= 15 is 0 Å². The summed E-state index contributed by atoms with van der Waals surface area (Å²) in [4.78, 5) is 0. The van der Waals surface area contributed by atoms with Gasteiger partial charge in [-0.3, -0.25) is 0 Å². The maximum absolute atomic E-state index is 14.1. The second-order valence-electron chi connectivity index (χ2n) is 8.86. The molecule has 2 unspecified atom stereocenters. The molecule has 0 aliphatic heterocycles. The fourth-order valence-electron chi connectivity index (χ4n) is 4.51. The summed E-state index contributed by atoms with van der Waals surface area (Å²) in [7, 11) is 0. The molecule has 4 aromatic carbocycles. The van der Waals surface area contributed by atoms with E-state index in [-0.39, 0.29) is 24.2 Å². The molecule has 2 nitrogen and oxygen atoms in total. The van der Waals surface area contributed by atoms with Crippen LogP contribution in [0.5, 0.6) is 0 Å². The van der Waals surface area contributed by atoms with E-state index in [0.717, 1.165) is 23.3 Å². The number of hydrogen-bond acceptors (Lipinski definition) is 2.